The van der Waals surface area contributed by atoms with Gasteiger partial charge in [0.2, 0.25) is 5.91 Å². The minimum atomic E-state index is -0.738. The van der Waals surface area contributed by atoms with Gasteiger partial charge < -0.3 is 4.74 Å². The highest BCUT2D eigenvalue weighted by Gasteiger charge is 2.17. The Morgan fingerprint density at radius 1 is 0.964 bits per heavy atom. The maximum atomic E-state index is 12.3. The predicted octanol–water partition coefficient (Wildman–Crippen LogP) is 3.61. The molecule has 2 amide bonds. The van der Waals surface area contributed by atoms with Crippen LogP contribution in [0.1, 0.15) is 23.6 Å². The van der Waals surface area contributed by atoms with E-state index in [1.54, 1.807) is 6.92 Å². The van der Waals surface area contributed by atoms with E-state index in [0.29, 0.717) is 5.75 Å². The highest BCUT2D eigenvalue weighted by Crippen LogP contribution is 2.21. The zero-order chi connectivity index (χ0) is 20.1. The van der Waals surface area contributed by atoms with Crippen LogP contribution >= 0.6 is 0 Å². The van der Waals surface area contributed by atoms with Gasteiger partial charge in [0.25, 0.3) is 5.91 Å². The first kappa shape index (κ1) is 19.4. The van der Waals surface area contributed by atoms with Crippen molar-refractivity contribution >= 4 is 22.6 Å². The second kappa shape index (κ2) is 8.57. The van der Waals surface area contributed by atoms with Crippen molar-refractivity contribution < 1.29 is 14.3 Å². The highest BCUT2D eigenvalue weighted by molar-refractivity contribution is 5.91. The summed E-state index contributed by atoms with van der Waals surface area (Å²) in [5, 5.41) is 2.10. The number of carbonyl (C=O) groups excluding carboxylic acids is 2. The molecule has 5 nitrogen and oxygen atoms in total. The summed E-state index contributed by atoms with van der Waals surface area (Å²) < 4.78 is 5.73. The number of rotatable bonds is 5. The molecule has 0 radical (unpaired) electrons. The number of aryl methyl sites for hydroxylation is 2. The number of carbonyl (C=O) groups is 2. The van der Waals surface area contributed by atoms with Gasteiger partial charge in [-0.2, -0.15) is 0 Å². The van der Waals surface area contributed by atoms with Crippen LogP contribution in [-0.2, 0) is 16.0 Å². The second-order valence-electron chi connectivity index (χ2n) is 6.88. The minimum absolute atomic E-state index is 0.174. The van der Waals surface area contributed by atoms with Crippen molar-refractivity contribution in [3.63, 3.8) is 0 Å². The Kier molecular flexibility index (Phi) is 5.94. The van der Waals surface area contributed by atoms with Gasteiger partial charge in [-0.1, -0.05) is 54.6 Å². The van der Waals surface area contributed by atoms with Crippen molar-refractivity contribution in [1.29, 1.82) is 0 Å². The van der Waals surface area contributed by atoms with Crippen LogP contribution in [0.3, 0.4) is 0 Å². The zero-order valence-electron chi connectivity index (χ0n) is 16.3. The van der Waals surface area contributed by atoms with Crippen LogP contribution in [0.4, 0.5) is 0 Å². The van der Waals surface area contributed by atoms with E-state index in [4.69, 9.17) is 4.74 Å². The molecule has 3 aromatic rings. The average Bonchev–Trinajstić information content (AvgIpc) is 2.69. The third-order valence-corrected chi connectivity index (χ3v) is 4.57. The normalized spacial score (nSPS) is 11.7. The van der Waals surface area contributed by atoms with Gasteiger partial charge in [-0.15, -0.1) is 0 Å². The lowest BCUT2D eigenvalue weighted by Gasteiger charge is -2.17. The van der Waals surface area contributed by atoms with Gasteiger partial charge in [-0.05, 0) is 54.3 Å². The molecule has 0 spiro atoms. The molecular formula is C23H24N2O3. The SMILES string of the molecule is Cc1ccc(C)c(OC(C)C(=O)NNC(=O)Cc2cccc3ccccc23)c1. The Balaban J connectivity index is 1.56. The summed E-state index contributed by atoms with van der Waals surface area (Å²) >= 11 is 0. The molecule has 28 heavy (non-hydrogen) atoms. The molecule has 2 N–H and O–H groups in total. The first-order valence-electron chi connectivity index (χ1n) is 9.23. The largest absolute Gasteiger partial charge is 0.481 e. The van der Waals surface area contributed by atoms with Crippen molar-refractivity contribution in [2.24, 2.45) is 0 Å². The molecule has 0 saturated carbocycles. The summed E-state index contributed by atoms with van der Waals surface area (Å²) in [6.45, 7) is 5.53. The summed E-state index contributed by atoms with van der Waals surface area (Å²) in [6, 6.07) is 19.5. The summed E-state index contributed by atoms with van der Waals surface area (Å²) in [5.74, 6) is -0.0412. The van der Waals surface area contributed by atoms with Crippen molar-refractivity contribution in [3.05, 3.63) is 77.4 Å². The van der Waals surface area contributed by atoms with E-state index >= 15 is 0 Å². The molecule has 0 aliphatic rings. The summed E-state index contributed by atoms with van der Waals surface area (Å²) in [7, 11) is 0. The molecule has 3 aromatic carbocycles. The van der Waals surface area contributed by atoms with E-state index in [2.05, 4.69) is 10.9 Å². The maximum absolute atomic E-state index is 12.3. The van der Waals surface area contributed by atoms with Gasteiger partial charge in [0.1, 0.15) is 5.75 Å². The van der Waals surface area contributed by atoms with E-state index in [1.165, 1.54) is 0 Å². The fraction of sp³-hybridized carbons (Fsp3) is 0.217. The average molecular weight is 376 g/mol. The van der Waals surface area contributed by atoms with E-state index in [0.717, 1.165) is 27.5 Å². The first-order valence-corrected chi connectivity index (χ1v) is 9.23. The van der Waals surface area contributed by atoms with Crippen LogP contribution in [0.5, 0.6) is 5.75 Å². The van der Waals surface area contributed by atoms with Crippen molar-refractivity contribution in [2.75, 3.05) is 0 Å². The maximum Gasteiger partial charge on any atom is 0.279 e. The lowest BCUT2D eigenvalue weighted by atomic mass is 10.0. The van der Waals surface area contributed by atoms with Crippen LogP contribution in [0.2, 0.25) is 0 Å². The van der Waals surface area contributed by atoms with Crippen LogP contribution < -0.4 is 15.6 Å². The lowest BCUT2D eigenvalue weighted by Crippen LogP contribution is -2.47. The minimum Gasteiger partial charge on any atom is -0.481 e. The number of hydrogen-bond donors (Lipinski definition) is 2. The van der Waals surface area contributed by atoms with Gasteiger partial charge in [-0.25, -0.2) is 0 Å². The predicted molar refractivity (Wildman–Crippen MR) is 110 cm³/mol. The molecule has 0 aliphatic heterocycles. The fourth-order valence-corrected chi connectivity index (χ4v) is 2.97. The number of ether oxygens (including phenoxy) is 1. The first-order chi connectivity index (χ1) is 13.4. The Morgan fingerprint density at radius 3 is 2.54 bits per heavy atom. The van der Waals surface area contributed by atoms with E-state index < -0.39 is 12.0 Å². The smallest absolute Gasteiger partial charge is 0.279 e. The number of nitrogens with one attached hydrogen (secondary N) is 2. The molecule has 5 heteroatoms. The zero-order valence-corrected chi connectivity index (χ0v) is 16.3. The monoisotopic (exact) mass is 376 g/mol. The highest BCUT2D eigenvalue weighted by atomic mass is 16.5. The van der Waals surface area contributed by atoms with Gasteiger partial charge in [0.05, 0.1) is 6.42 Å². The third kappa shape index (κ3) is 4.68. The van der Waals surface area contributed by atoms with Crippen molar-refractivity contribution in [3.8, 4) is 5.75 Å². The van der Waals surface area contributed by atoms with Crippen LogP contribution in [0.25, 0.3) is 10.8 Å². The molecular weight excluding hydrogens is 352 g/mol. The molecule has 0 bridgehead atoms. The third-order valence-electron chi connectivity index (χ3n) is 4.57. The summed E-state index contributed by atoms with van der Waals surface area (Å²) in [6.07, 6.45) is -0.563. The molecule has 0 aromatic heterocycles. The van der Waals surface area contributed by atoms with Crippen LogP contribution in [0.15, 0.2) is 60.7 Å². The quantitative estimate of drug-likeness (QED) is 0.669. The molecule has 0 heterocycles. The Hall–Kier alpha value is -3.34. The fourth-order valence-electron chi connectivity index (χ4n) is 2.97. The lowest BCUT2D eigenvalue weighted by molar-refractivity contribution is -0.132. The Bertz CT molecular complexity index is 1010. The molecule has 0 saturated heterocycles. The molecule has 3 rings (SSSR count). The standard InChI is InChI=1S/C23H24N2O3/c1-15-11-12-16(2)21(13-15)28-17(3)23(27)25-24-22(26)14-19-9-6-8-18-7-4-5-10-20(18)19/h4-13,17H,14H2,1-3H3,(H,24,26)(H,25,27). The van der Waals surface area contributed by atoms with Gasteiger partial charge in [0, 0.05) is 0 Å². The number of fused-ring (bicyclic) bond motifs is 1. The van der Waals surface area contributed by atoms with Crippen molar-refractivity contribution in [2.45, 2.75) is 33.3 Å². The topological polar surface area (TPSA) is 67.4 Å². The van der Waals surface area contributed by atoms with Crippen LogP contribution in [-0.4, -0.2) is 17.9 Å². The van der Waals surface area contributed by atoms with Gasteiger partial charge >= 0.3 is 0 Å². The number of hydrogen-bond acceptors (Lipinski definition) is 3. The van der Waals surface area contributed by atoms with E-state index in [9.17, 15) is 9.59 Å². The Morgan fingerprint density at radius 2 is 1.71 bits per heavy atom. The van der Waals surface area contributed by atoms with Crippen LogP contribution in [0, 0.1) is 13.8 Å². The number of benzene rings is 3. The molecule has 1 atom stereocenters. The Labute approximate surface area is 164 Å². The number of hydrazine groups is 1. The van der Waals surface area contributed by atoms with E-state index in [-0.39, 0.29) is 12.3 Å². The summed E-state index contributed by atoms with van der Waals surface area (Å²) in [4.78, 5) is 24.5. The molecule has 0 aliphatic carbocycles. The second-order valence-corrected chi connectivity index (χ2v) is 6.88. The van der Waals surface area contributed by atoms with Gasteiger partial charge in [0.15, 0.2) is 6.10 Å². The molecule has 144 valence electrons. The molecule has 0 fully saturated rings. The van der Waals surface area contributed by atoms with Gasteiger partial charge in [-0.3, -0.25) is 20.4 Å². The summed E-state index contributed by atoms with van der Waals surface area (Å²) in [5.41, 5.74) is 7.82. The molecule has 1 unspecified atom stereocenters. The van der Waals surface area contributed by atoms with E-state index in [1.807, 2.05) is 74.5 Å². The number of amides is 2. The van der Waals surface area contributed by atoms with Crippen molar-refractivity contribution in [1.82, 2.24) is 10.9 Å².